The number of hydrogen-bond donors (Lipinski definition) is 1. The molecule has 1 N–H and O–H groups in total. The Morgan fingerprint density at radius 2 is 2.38 bits per heavy atom. The van der Waals surface area contributed by atoms with E-state index in [2.05, 4.69) is 17.2 Å². The summed E-state index contributed by atoms with van der Waals surface area (Å²) >= 11 is 5.81. The van der Waals surface area contributed by atoms with Crippen molar-refractivity contribution < 1.29 is 4.79 Å². The Bertz CT molecular complexity index is 394. The van der Waals surface area contributed by atoms with E-state index in [0.29, 0.717) is 22.7 Å². The topological polar surface area (TPSA) is 42.0 Å². The van der Waals surface area contributed by atoms with Crippen LogP contribution in [0.3, 0.4) is 0 Å². The van der Waals surface area contributed by atoms with E-state index in [1.807, 2.05) is 0 Å². The molecule has 0 spiro atoms. The number of halogens is 1. The predicted octanol–water partition coefficient (Wildman–Crippen LogP) is 2.65. The molecule has 16 heavy (non-hydrogen) atoms. The molecule has 1 aromatic heterocycles. The predicted molar refractivity (Wildman–Crippen MR) is 63.5 cm³/mol. The Hall–Kier alpha value is -1.09. The van der Waals surface area contributed by atoms with Crippen LogP contribution in [0.5, 0.6) is 0 Å². The van der Waals surface area contributed by atoms with Gasteiger partial charge in [-0.2, -0.15) is 0 Å². The van der Waals surface area contributed by atoms with Crippen LogP contribution in [0.2, 0.25) is 5.02 Å². The molecular weight excluding hydrogens is 224 g/mol. The van der Waals surface area contributed by atoms with Crippen molar-refractivity contribution in [3.05, 3.63) is 29.0 Å². The second-order valence-corrected chi connectivity index (χ2v) is 4.88. The summed E-state index contributed by atoms with van der Waals surface area (Å²) in [6.45, 7) is 2.21. The van der Waals surface area contributed by atoms with Gasteiger partial charge in [-0.1, -0.05) is 18.5 Å². The number of nitrogens with one attached hydrogen (secondary N) is 1. The standard InChI is InChI=1S/C12H15ClN2O/c1-8-2-3-10(6-8)15-12(16)11-7-9(13)4-5-14-11/h4-5,7-8,10H,2-3,6H2,1H3,(H,15,16). The van der Waals surface area contributed by atoms with Gasteiger partial charge in [-0.15, -0.1) is 0 Å². The summed E-state index contributed by atoms with van der Waals surface area (Å²) < 4.78 is 0. The van der Waals surface area contributed by atoms with Gasteiger partial charge in [-0.05, 0) is 37.3 Å². The van der Waals surface area contributed by atoms with Crippen molar-refractivity contribution in [1.29, 1.82) is 0 Å². The van der Waals surface area contributed by atoms with E-state index in [1.54, 1.807) is 18.3 Å². The van der Waals surface area contributed by atoms with Crippen molar-refractivity contribution in [1.82, 2.24) is 10.3 Å². The number of aromatic nitrogens is 1. The molecule has 86 valence electrons. The van der Waals surface area contributed by atoms with Gasteiger partial charge in [0.1, 0.15) is 5.69 Å². The summed E-state index contributed by atoms with van der Waals surface area (Å²) in [5.74, 6) is 0.583. The lowest BCUT2D eigenvalue weighted by molar-refractivity contribution is 0.0932. The number of hydrogen-bond acceptors (Lipinski definition) is 2. The van der Waals surface area contributed by atoms with E-state index in [4.69, 9.17) is 11.6 Å². The quantitative estimate of drug-likeness (QED) is 0.861. The van der Waals surface area contributed by atoms with Crippen molar-refractivity contribution in [3.63, 3.8) is 0 Å². The van der Waals surface area contributed by atoms with Crippen LogP contribution in [0, 0.1) is 5.92 Å². The molecule has 0 bridgehead atoms. The second kappa shape index (κ2) is 4.83. The van der Waals surface area contributed by atoms with Gasteiger partial charge in [0, 0.05) is 17.3 Å². The summed E-state index contributed by atoms with van der Waals surface area (Å²) in [4.78, 5) is 15.8. The fourth-order valence-electron chi connectivity index (χ4n) is 2.13. The maximum absolute atomic E-state index is 11.8. The fourth-order valence-corrected chi connectivity index (χ4v) is 2.29. The van der Waals surface area contributed by atoms with Gasteiger partial charge in [-0.3, -0.25) is 9.78 Å². The lowest BCUT2D eigenvalue weighted by atomic mass is 10.1. The van der Waals surface area contributed by atoms with Crippen molar-refractivity contribution in [2.45, 2.75) is 32.2 Å². The van der Waals surface area contributed by atoms with Gasteiger partial charge in [0.15, 0.2) is 0 Å². The first-order valence-electron chi connectivity index (χ1n) is 5.57. The first-order valence-corrected chi connectivity index (χ1v) is 5.95. The van der Waals surface area contributed by atoms with Crippen LogP contribution in [0.25, 0.3) is 0 Å². The maximum Gasteiger partial charge on any atom is 0.270 e. The monoisotopic (exact) mass is 238 g/mol. The molecule has 1 fully saturated rings. The largest absolute Gasteiger partial charge is 0.348 e. The highest BCUT2D eigenvalue weighted by Crippen LogP contribution is 2.24. The van der Waals surface area contributed by atoms with Crippen molar-refractivity contribution in [2.75, 3.05) is 0 Å². The summed E-state index contributed by atoms with van der Waals surface area (Å²) in [6, 6.07) is 3.55. The molecular formula is C12H15ClN2O. The van der Waals surface area contributed by atoms with Gasteiger partial charge in [-0.25, -0.2) is 0 Å². The lowest BCUT2D eigenvalue weighted by Crippen LogP contribution is -2.33. The minimum atomic E-state index is -0.124. The molecule has 1 amide bonds. The van der Waals surface area contributed by atoms with E-state index < -0.39 is 0 Å². The minimum Gasteiger partial charge on any atom is -0.348 e. The van der Waals surface area contributed by atoms with Crippen LogP contribution in [-0.4, -0.2) is 16.9 Å². The smallest absolute Gasteiger partial charge is 0.270 e. The van der Waals surface area contributed by atoms with E-state index >= 15 is 0 Å². The Balaban J connectivity index is 1.98. The minimum absolute atomic E-state index is 0.124. The zero-order valence-corrected chi connectivity index (χ0v) is 10.00. The molecule has 1 saturated carbocycles. The summed E-state index contributed by atoms with van der Waals surface area (Å²) in [6.07, 6.45) is 4.86. The Morgan fingerprint density at radius 1 is 1.56 bits per heavy atom. The Kier molecular flexibility index (Phi) is 3.44. The molecule has 2 unspecified atom stereocenters. The van der Waals surface area contributed by atoms with Gasteiger partial charge < -0.3 is 5.32 Å². The van der Waals surface area contributed by atoms with Crippen LogP contribution in [0.4, 0.5) is 0 Å². The van der Waals surface area contributed by atoms with Crippen molar-refractivity contribution in [2.24, 2.45) is 5.92 Å². The number of pyridine rings is 1. The van der Waals surface area contributed by atoms with Crippen LogP contribution in [-0.2, 0) is 0 Å². The molecule has 1 aromatic rings. The summed E-state index contributed by atoms with van der Waals surface area (Å²) in [5.41, 5.74) is 0.395. The van der Waals surface area contributed by atoms with Gasteiger partial charge >= 0.3 is 0 Å². The first kappa shape index (κ1) is 11.4. The van der Waals surface area contributed by atoms with E-state index in [0.717, 1.165) is 12.8 Å². The van der Waals surface area contributed by atoms with Gasteiger partial charge in [0.2, 0.25) is 0 Å². The maximum atomic E-state index is 11.8. The molecule has 1 heterocycles. The van der Waals surface area contributed by atoms with Gasteiger partial charge in [0.25, 0.3) is 5.91 Å². The van der Waals surface area contributed by atoms with Gasteiger partial charge in [0.05, 0.1) is 0 Å². The van der Waals surface area contributed by atoms with Crippen molar-refractivity contribution >= 4 is 17.5 Å². The fraction of sp³-hybridized carbons (Fsp3) is 0.500. The highest BCUT2D eigenvalue weighted by atomic mass is 35.5. The first-order chi connectivity index (χ1) is 7.65. The molecule has 2 rings (SSSR count). The summed E-state index contributed by atoms with van der Waals surface area (Å²) in [7, 11) is 0. The second-order valence-electron chi connectivity index (χ2n) is 4.45. The number of amides is 1. The SMILES string of the molecule is CC1CCC(NC(=O)c2cc(Cl)ccn2)C1. The number of rotatable bonds is 2. The number of carbonyl (C=O) groups is 1. The number of carbonyl (C=O) groups excluding carboxylic acids is 1. The Labute approximate surface area is 100 Å². The van der Waals surface area contributed by atoms with Crippen LogP contribution < -0.4 is 5.32 Å². The molecule has 0 radical (unpaired) electrons. The average molecular weight is 239 g/mol. The highest BCUT2D eigenvalue weighted by Gasteiger charge is 2.23. The third kappa shape index (κ3) is 2.73. The summed E-state index contributed by atoms with van der Waals surface area (Å²) in [5, 5.41) is 3.53. The molecule has 0 aliphatic heterocycles. The van der Waals surface area contributed by atoms with Crippen LogP contribution in [0.15, 0.2) is 18.3 Å². The zero-order valence-electron chi connectivity index (χ0n) is 9.24. The van der Waals surface area contributed by atoms with Crippen LogP contribution in [0.1, 0.15) is 36.7 Å². The van der Waals surface area contributed by atoms with E-state index in [-0.39, 0.29) is 5.91 Å². The molecule has 4 heteroatoms. The van der Waals surface area contributed by atoms with Crippen molar-refractivity contribution in [3.8, 4) is 0 Å². The lowest BCUT2D eigenvalue weighted by Gasteiger charge is -2.11. The third-order valence-corrected chi connectivity index (χ3v) is 3.22. The van der Waals surface area contributed by atoms with Crippen LogP contribution >= 0.6 is 11.6 Å². The molecule has 1 aliphatic carbocycles. The number of nitrogens with zero attached hydrogens (tertiary/aromatic N) is 1. The molecule has 2 atom stereocenters. The molecule has 3 nitrogen and oxygen atoms in total. The third-order valence-electron chi connectivity index (χ3n) is 2.98. The molecule has 0 saturated heterocycles. The highest BCUT2D eigenvalue weighted by molar-refractivity contribution is 6.30. The van der Waals surface area contributed by atoms with E-state index in [1.165, 1.54) is 6.42 Å². The molecule has 1 aliphatic rings. The Morgan fingerprint density at radius 3 is 3.00 bits per heavy atom. The average Bonchev–Trinajstić information content (AvgIpc) is 2.64. The van der Waals surface area contributed by atoms with E-state index in [9.17, 15) is 4.79 Å². The molecule has 0 aromatic carbocycles. The normalized spacial score (nSPS) is 24.4. The zero-order chi connectivity index (χ0) is 11.5.